The molecular formula is C20H23N4O3+. The second-order valence-electron chi connectivity index (χ2n) is 7.65. The van der Waals surface area contributed by atoms with Crippen molar-refractivity contribution in [2.24, 2.45) is 0 Å². The molecule has 5 N–H and O–H groups in total. The standard InChI is InChI=1S/C20H22N4O3/c1-24(2,3)9-8-23-20(27)13-10-14(21)15-16(17(13)22)19(26)12-7-5-4-6-11(12)18(15)25/h4-7,10H,8-9H2,1-3H3,(H4-,21,22,23,25,26,27)/p+1. The summed E-state index contributed by atoms with van der Waals surface area (Å²) in [4.78, 5) is 38.3. The summed E-state index contributed by atoms with van der Waals surface area (Å²) < 4.78 is 0.686. The Hall–Kier alpha value is -3.19. The number of quaternary nitrogens is 1. The van der Waals surface area contributed by atoms with Crippen LogP contribution in [0, 0.1) is 0 Å². The Morgan fingerprint density at radius 3 is 2.11 bits per heavy atom. The van der Waals surface area contributed by atoms with Gasteiger partial charge in [0.05, 0.1) is 56.6 Å². The van der Waals surface area contributed by atoms with Crippen LogP contribution in [0.1, 0.15) is 42.2 Å². The number of carbonyl (C=O) groups is 3. The molecule has 0 heterocycles. The molecule has 1 amide bonds. The molecule has 7 heteroatoms. The fraction of sp³-hybridized carbons (Fsp3) is 0.250. The first kappa shape index (κ1) is 18.6. The van der Waals surface area contributed by atoms with Crippen LogP contribution in [0.15, 0.2) is 30.3 Å². The number of ketones is 2. The highest BCUT2D eigenvalue weighted by molar-refractivity contribution is 6.32. The van der Waals surface area contributed by atoms with Gasteiger partial charge in [-0.3, -0.25) is 14.4 Å². The topological polar surface area (TPSA) is 115 Å². The van der Waals surface area contributed by atoms with E-state index in [0.29, 0.717) is 16.6 Å². The molecule has 0 fully saturated rings. The van der Waals surface area contributed by atoms with Crippen LogP contribution in [-0.2, 0) is 0 Å². The van der Waals surface area contributed by atoms with Gasteiger partial charge in [0.25, 0.3) is 5.91 Å². The Bertz CT molecular complexity index is 974. The number of nitrogens with zero attached hydrogens (tertiary/aromatic N) is 1. The first-order valence-corrected chi connectivity index (χ1v) is 8.61. The number of nitrogen functional groups attached to an aromatic ring is 2. The van der Waals surface area contributed by atoms with E-state index < -0.39 is 11.7 Å². The number of amides is 1. The molecule has 2 aromatic rings. The third kappa shape index (κ3) is 3.29. The third-order valence-corrected chi connectivity index (χ3v) is 4.58. The van der Waals surface area contributed by atoms with Gasteiger partial charge >= 0.3 is 0 Å². The van der Waals surface area contributed by atoms with Crippen molar-refractivity contribution in [3.05, 3.63) is 58.1 Å². The zero-order chi connectivity index (χ0) is 19.9. The number of hydrogen-bond donors (Lipinski definition) is 3. The van der Waals surface area contributed by atoms with E-state index in [4.69, 9.17) is 11.5 Å². The number of carbonyl (C=O) groups excluding carboxylic acids is 3. The molecule has 0 radical (unpaired) electrons. The van der Waals surface area contributed by atoms with E-state index in [9.17, 15) is 14.4 Å². The van der Waals surface area contributed by atoms with Gasteiger partial charge < -0.3 is 21.3 Å². The van der Waals surface area contributed by atoms with Crippen molar-refractivity contribution in [3.8, 4) is 0 Å². The summed E-state index contributed by atoms with van der Waals surface area (Å²) in [6, 6.07) is 7.89. The predicted molar refractivity (Wildman–Crippen MR) is 104 cm³/mol. The molecule has 1 aliphatic rings. The number of nitrogens with one attached hydrogen (secondary N) is 1. The Kier molecular flexibility index (Phi) is 4.49. The summed E-state index contributed by atoms with van der Waals surface area (Å²) in [5.41, 5.74) is 13.0. The van der Waals surface area contributed by atoms with E-state index in [-0.39, 0.29) is 39.4 Å². The minimum Gasteiger partial charge on any atom is -0.398 e. The molecule has 2 aromatic carbocycles. The van der Waals surface area contributed by atoms with Gasteiger partial charge in [-0.15, -0.1) is 0 Å². The van der Waals surface area contributed by atoms with Crippen molar-refractivity contribution in [1.82, 2.24) is 5.32 Å². The maximum atomic E-state index is 12.9. The maximum Gasteiger partial charge on any atom is 0.253 e. The van der Waals surface area contributed by atoms with Gasteiger partial charge in [-0.05, 0) is 6.07 Å². The highest BCUT2D eigenvalue weighted by atomic mass is 16.2. The zero-order valence-electron chi connectivity index (χ0n) is 15.6. The molecule has 7 nitrogen and oxygen atoms in total. The van der Waals surface area contributed by atoms with Crippen molar-refractivity contribution < 1.29 is 18.9 Å². The lowest BCUT2D eigenvalue weighted by atomic mass is 9.81. The first-order chi connectivity index (χ1) is 12.6. The lowest BCUT2D eigenvalue weighted by Crippen LogP contribution is -2.42. The zero-order valence-corrected chi connectivity index (χ0v) is 15.6. The fourth-order valence-electron chi connectivity index (χ4n) is 3.14. The smallest absolute Gasteiger partial charge is 0.253 e. The van der Waals surface area contributed by atoms with Crippen LogP contribution in [-0.4, -0.2) is 56.2 Å². The Morgan fingerprint density at radius 1 is 1.00 bits per heavy atom. The minimum absolute atomic E-state index is 0.00968. The number of nitrogens with two attached hydrogens (primary N) is 2. The molecule has 27 heavy (non-hydrogen) atoms. The first-order valence-electron chi connectivity index (χ1n) is 8.61. The number of benzene rings is 2. The van der Waals surface area contributed by atoms with Crippen LogP contribution in [0.3, 0.4) is 0 Å². The molecule has 0 atom stereocenters. The molecule has 0 unspecified atom stereocenters. The van der Waals surface area contributed by atoms with Crippen molar-refractivity contribution in [3.63, 3.8) is 0 Å². The Morgan fingerprint density at radius 2 is 1.56 bits per heavy atom. The van der Waals surface area contributed by atoms with E-state index >= 15 is 0 Å². The van der Waals surface area contributed by atoms with Crippen LogP contribution in [0.5, 0.6) is 0 Å². The molecule has 3 rings (SSSR count). The number of rotatable bonds is 4. The van der Waals surface area contributed by atoms with Crippen molar-refractivity contribution in [2.75, 3.05) is 45.7 Å². The van der Waals surface area contributed by atoms with Gasteiger partial charge in [0.15, 0.2) is 11.6 Å². The highest BCUT2D eigenvalue weighted by Gasteiger charge is 2.34. The molecule has 0 saturated carbocycles. The summed E-state index contributed by atoms with van der Waals surface area (Å²) in [7, 11) is 6.04. The van der Waals surface area contributed by atoms with E-state index in [0.717, 1.165) is 6.54 Å². The van der Waals surface area contributed by atoms with Gasteiger partial charge in [-0.1, -0.05) is 24.3 Å². The number of hydrogen-bond acceptors (Lipinski definition) is 5. The van der Waals surface area contributed by atoms with Gasteiger partial charge in [-0.2, -0.15) is 0 Å². The lowest BCUT2D eigenvalue weighted by Gasteiger charge is -2.24. The number of fused-ring (bicyclic) bond motifs is 2. The maximum absolute atomic E-state index is 12.9. The van der Waals surface area contributed by atoms with Crippen LogP contribution >= 0.6 is 0 Å². The normalized spacial score (nSPS) is 13.1. The SMILES string of the molecule is C[N+](C)(C)CCNC(=O)c1cc(N)c2c(c1N)C(=O)c1ccccc1C2=O. The molecule has 0 bridgehead atoms. The Labute approximate surface area is 157 Å². The quantitative estimate of drug-likeness (QED) is 0.471. The molecule has 0 aliphatic heterocycles. The minimum atomic E-state index is -0.422. The molecule has 0 spiro atoms. The average molecular weight is 367 g/mol. The van der Waals surface area contributed by atoms with Crippen LogP contribution in [0.2, 0.25) is 0 Å². The third-order valence-electron chi connectivity index (χ3n) is 4.58. The molecule has 0 saturated heterocycles. The van der Waals surface area contributed by atoms with Crippen LogP contribution < -0.4 is 16.8 Å². The molecular weight excluding hydrogens is 344 g/mol. The van der Waals surface area contributed by atoms with Crippen molar-refractivity contribution in [2.45, 2.75) is 0 Å². The number of anilines is 2. The van der Waals surface area contributed by atoms with E-state index in [1.807, 2.05) is 21.1 Å². The van der Waals surface area contributed by atoms with Crippen LogP contribution in [0.25, 0.3) is 0 Å². The summed E-state index contributed by atoms with van der Waals surface area (Å²) in [6.45, 7) is 1.16. The molecule has 140 valence electrons. The lowest BCUT2D eigenvalue weighted by molar-refractivity contribution is -0.869. The largest absolute Gasteiger partial charge is 0.398 e. The predicted octanol–water partition coefficient (Wildman–Crippen LogP) is 1.06. The van der Waals surface area contributed by atoms with Gasteiger partial charge in [0.1, 0.15) is 0 Å². The summed E-state index contributed by atoms with van der Waals surface area (Å²) in [6.07, 6.45) is 0. The van der Waals surface area contributed by atoms with E-state index in [2.05, 4.69) is 5.32 Å². The second kappa shape index (κ2) is 6.51. The fourth-order valence-corrected chi connectivity index (χ4v) is 3.14. The monoisotopic (exact) mass is 367 g/mol. The van der Waals surface area contributed by atoms with E-state index in [1.165, 1.54) is 6.07 Å². The highest BCUT2D eigenvalue weighted by Crippen LogP contribution is 2.36. The Balaban J connectivity index is 2.02. The molecule has 1 aliphatic carbocycles. The average Bonchev–Trinajstić information content (AvgIpc) is 2.60. The van der Waals surface area contributed by atoms with Crippen molar-refractivity contribution >= 4 is 28.8 Å². The van der Waals surface area contributed by atoms with Crippen LogP contribution in [0.4, 0.5) is 11.4 Å². The van der Waals surface area contributed by atoms with E-state index in [1.54, 1.807) is 24.3 Å². The molecule has 0 aromatic heterocycles. The summed E-state index contributed by atoms with van der Waals surface area (Å²) >= 11 is 0. The summed E-state index contributed by atoms with van der Waals surface area (Å²) in [5.74, 6) is -1.18. The van der Waals surface area contributed by atoms with Crippen molar-refractivity contribution in [1.29, 1.82) is 0 Å². The number of likely N-dealkylation sites (N-methyl/N-ethyl adjacent to an activating group) is 1. The second-order valence-corrected chi connectivity index (χ2v) is 7.65. The van der Waals surface area contributed by atoms with Gasteiger partial charge in [0.2, 0.25) is 0 Å². The van der Waals surface area contributed by atoms with Gasteiger partial charge in [0, 0.05) is 16.8 Å². The van der Waals surface area contributed by atoms with Gasteiger partial charge in [-0.25, -0.2) is 0 Å². The summed E-state index contributed by atoms with van der Waals surface area (Å²) in [5, 5.41) is 2.79.